The number of aromatic nitrogens is 5. The average Bonchev–Trinajstić information content (AvgIpc) is 3.28. The fraction of sp³-hybridized carbons (Fsp3) is 0.316. The first-order valence-electron chi connectivity index (χ1n) is 9.70. The molecule has 0 atom stereocenters. The Morgan fingerprint density at radius 1 is 1.06 bits per heavy atom. The summed E-state index contributed by atoms with van der Waals surface area (Å²) in [4.78, 5) is 18.7. The SMILES string of the molecule is CS(=O)(=O)Nc1cccc(NC(=O)C2CCN(c3ccc(-n4cncn4)nn3)CC2)c1. The van der Waals surface area contributed by atoms with Crippen molar-refractivity contribution in [3.8, 4) is 5.82 Å². The van der Waals surface area contributed by atoms with Crippen LogP contribution in [-0.2, 0) is 14.8 Å². The highest BCUT2D eigenvalue weighted by molar-refractivity contribution is 7.92. The third kappa shape index (κ3) is 5.34. The number of nitrogens with one attached hydrogen (secondary N) is 2. The molecule has 1 aliphatic heterocycles. The quantitative estimate of drug-likeness (QED) is 0.583. The Kier molecular flexibility index (Phi) is 5.80. The smallest absolute Gasteiger partial charge is 0.229 e. The lowest BCUT2D eigenvalue weighted by Gasteiger charge is -2.31. The van der Waals surface area contributed by atoms with Gasteiger partial charge in [0.2, 0.25) is 15.9 Å². The summed E-state index contributed by atoms with van der Waals surface area (Å²) in [6.07, 6.45) is 5.43. The van der Waals surface area contributed by atoms with E-state index < -0.39 is 10.0 Å². The molecule has 1 aromatic carbocycles. The second kappa shape index (κ2) is 8.68. The zero-order chi connectivity index (χ0) is 21.8. The van der Waals surface area contributed by atoms with E-state index in [1.165, 1.54) is 11.0 Å². The Bertz CT molecular complexity index is 1140. The number of rotatable bonds is 6. The van der Waals surface area contributed by atoms with Crippen molar-refractivity contribution < 1.29 is 13.2 Å². The van der Waals surface area contributed by atoms with E-state index in [0.717, 1.165) is 12.1 Å². The number of carbonyl (C=O) groups excluding carboxylic acids is 1. The van der Waals surface area contributed by atoms with Crippen molar-refractivity contribution in [3.05, 3.63) is 49.1 Å². The van der Waals surface area contributed by atoms with Crippen LogP contribution in [0.25, 0.3) is 5.82 Å². The first kappa shape index (κ1) is 20.7. The van der Waals surface area contributed by atoms with Crippen molar-refractivity contribution in [3.63, 3.8) is 0 Å². The van der Waals surface area contributed by atoms with Gasteiger partial charge >= 0.3 is 0 Å². The van der Waals surface area contributed by atoms with Crippen LogP contribution in [0.2, 0.25) is 0 Å². The molecule has 0 unspecified atom stereocenters. The van der Waals surface area contributed by atoms with Gasteiger partial charge in [0, 0.05) is 24.7 Å². The lowest BCUT2D eigenvalue weighted by molar-refractivity contribution is -0.120. The lowest BCUT2D eigenvalue weighted by atomic mass is 9.96. The summed E-state index contributed by atoms with van der Waals surface area (Å²) < 4.78 is 26.7. The highest BCUT2D eigenvalue weighted by Gasteiger charge is 2.26. The number of piperidine rings is 1. The van der Waals surface area contributed by atoms with Crippen molar-refractivity contribution in [2.45, 2.75) is 12.8 Å². The van der Waals surface area contributed by atoms with E-state index >= 15 is 0 Å². The molecule has 12 heteroatoms. The van der Waals surface area contributed by atoms with Crippen LogP contribution < -0.4 is 14.9 Å². The van der Waals surface area contributed by atoms with Gasteiger partial charge in [-0.15, -0.1) is 10.2 Å². The molecule has 2 aromatic heterocycles. The summed E-state index contributed by atoms with van der Waals surface area (Å²) >= 11 is 0. The van der Waals surface area contributed by atoms with Crippen LogP contribution in [0.4, 0.5) is 17.2 Å². The molecule has 2 N–H and O–H groups in total. The fourth-order valence-electron chi connectivity index (χ4n) is 3.43. The lowest BCUT2D eigenvalue weighted by Crippen LogP contribution is -2.38. The van der Waals surface area contributed by atoms with Gasteiger partial charge in [-0.2, -0.15) is 5.10 Å². The minimum Gasteiger partial charge on any atom is -0.355 e. The van der Waals surface area contributed by atoms with E-state index in [1.54, 1.807) is 30.6 Å². The maximum absolute atomic E-state index is 12.7. The number of hydrogen-bond donors (Lipinski definition) is 2. The largest absolute Gasteiger partial charge is 0.355 e. The molecule has 11 nitrogen and oxygen atoms in total. The van der Waals surface area contributed by atoms with Crippen molar-refractivity contribution in [2.75, 3.05) is 34.3 Å². The van der Waals surface area contributed by atoms with Crippen LogP contribution in [-0.4, -0.2) is 58.6 Å². The van der Waals surface area contributed by atoms with Crippen molar-refractivity contribution in [1.29, 1.82) is 0 Å². The molecule has 3 aromatic rings. The molecule has 0 saturated carbocycles. The molecule has 3 heterocycles. The summed E-state index contributed by atoms with van der Waals surface area (Å²) in [5.74, 6) is 1.12. The van der Waals surface area contributed by atoms with Gasteiger partial charge in [-0.3, -0.25) is 9.52 Å². The maximum atomic E-state index is 12.7. The number of anilines is 3. The van der Waals surface area contributed by atoms with Crippen LogP contribution in [0.3, 0.4) is 0 Å². The molecule has 1 aliphatic rings. The summed E-state index contributed by atoms with van der Waals surface area (Å²) in [5, 5.41) is 15.4. The number of amides is 1. The highest BCUT2D eigenvalue weighted by Crippen LogP contribution is 2.24. The molecule has 0 bridgehead atoms. The van der Waals surface area contributed by atoms with Gasteiger partial charge in [0.25, 0.3) is 0 Å². The Morgan fingerprint density at radius 2 is 1.77 bits per heavy atom. The molecule has 0 spiro atoms. The van der Waals surface area contributed by atoms with Gasteiger partial charge in [-0.05, 0) is 43.2 Å². The van der Waals surface area contributed by atoms with Gasteiger partial charge in [-0.25, -0.2) is 18.1 Å². The summed E-state index contributed by atoms with van der Waals surface area (Å²) in [7, 11) is -3.38. The summed E-state index contributed by atoms with van der Waals surface area (Å²) in [5.41, 5.74) is 0.957. The molecule has 162 valence electrons. The van der Waals surface area contributed by atoms with E-state index in [-0.39, 0.29) is 11.8 Å². The second-order valence-electron chi connectivity index (χ2n) is 7.30. The van der Waals surface area contributed by atoms with Gasteiger partial charge < -0.3 is 10.2 Å². The molecule has 0 aliphatic carbocycles. The molecule has 4 rings (SSSR count). The summed E-state index contributed by atoms with van der Waals surface area (Å²) in [6.45, 7) is 1.37. The normalized spacial score (nSPS) is 14.9. The summed E-state index contributed by atoms with van der Waals surface area (Å²) in [6, 6.07) is 10.4. The van der Waals surface area contributed by atoms with Crippen molar-refractivity contribution >= 4 is 33.1 Å². The Balaban J connectivity index is 1.32. The van der Waals surface area contributed by atoms with Gasteiger partial charge in [0.05, 0.1) is 11.9 Å². The molecule has 1 saturated heterocycles. The first-order valence-corrected chi connectivity index (χ1v) is 11.6. The molecule has 1 amide bonds. The maximum Gasteiger partial charge on any atom is 0.229 e. The minimum atomic E-state index is -3.38. The molecule has 31 heavy (non-hydrogen) atoms. The van der Waals surface area contributed by atoms with E-state index in [0.29, 0.717) is 43.1 Å². The Hall–Kier alpha value is -3.54. The predicted molar refractivity (Wildman–Crippen MR) is 115 cm³/mol. The second-order valence-corrected chi connectivity index (χ2v) is 9.04. The van der Waals surface area contributed by atoms with E-state index in [4.69, 9.17) is 0 Å². The number of nitrogens with zero attached hydrogens (tertiary/aromatic N) is 6. The molecule has 0 radical (unpaired) electrons. The van der Waals surface area contributed by atoms with Gasteiger partial charge in [0.1, 0.15) is 12.7 Å². The third-order valence-corrected chi connectivity index (χ3v) is 5.52. The van der Waals surface area contributed by atoms with Crippen LogP contribution in [0.1, 0.15) is 12.8 Å². The monoisotopic (exact) mass is 442 g/mol. The molecule has 1 fully saturated rings. The molecular weight excluding hydrogens is 420 g/mol. The number of carbonyl (C=O) groups is 1. The Morgan fingerprint density at radius 3 is 2.42 bits per heavy atom. The van der Waals surface area contributed by atoms with Crippen LogP contribution in [0, 0.1) is 5.92 Å². The fourth-order valence-corrected chi connectivity index (χ4v) is 3.98. The van der Waals surface area contributed by atoms with Crippen molar-refractivity contribution in [2.24, 2.45) is 5.92 Å². The average molecular weight is 443 g/mol. The van der Waals surface area contributed by atoms with Crippen LogP contribution >= 0.6 is 0 Å². The highest BCUT2D eigenvalue weighted by atomic mass is 32.2. The zero-order valence-electron chi connectivity index (χ0n) is 16.8. The van der Waals surface area contributed by atoms with Gasteiger partial charge in [0.15, 0.2) is 11.6 Å². The van der Waals surface area contributed by atoms with E-state index in [2.05, 4.69) is 35.2 Å². The topological polar surface area (TPSA) is 135 Å². The third-order valence-electron chi connectivity index (χ3n) is 4.91. The van der Waals surface area contributed by atoms with Gasteiger partial charge in [-0.1, -0.05) is 6.07 Å². The van der Waals surface area contributed by atoms with Crippen LogP contribution in [0.5, 0.6) is 0 Å². The Labute approximate surface area is 179 Å². The standard InChI is InChI=1S/C19H22N8O3S/c1-31(29,30)25-16-4-2-3-15(11-16)22-19(28)14-7-9-26(10-8-14)17-5-6-18(24-23-17)27-13-20-12-21-27/h2-6,11-14,25H,7-10H2,1H3,(H,22,28). The van der Waals surface area contributed by atoms with Crippen LogP contribution in [0.15, 0.2) is 49.1 Å². The molecular formula is C19H22N8O3S. The predicted octanol–water partition coefficient (Wildman–Crippen LogP) is 1.28. The number of hydrogen-bond acceptors (Lipinski definition) is 8. The number of sulfonamides is 1. The minimum absolute atomic E-state index is 0.0798. The first-order chi connectivity index (χ1) is 14.9. The van der Waals surface area contributed by atoms with Crippen molar-refractivity contribution in [1.82, 2.24) is 25.0 Å². The number of benzene rings is 1. The van der Waals surface area contributed by atoms with E-state index in [9.17, 15) is 13.2 Å². The van der Waals surface area contributed by atoms with E-state index in [1.807, 2.05) is 12.1 Å². The zero-order valence-corrected chi connectivity index (χ0v) is 17.7.